The number of nitrogens with zero attached hydrogens (tertiary/aromatic N) is 2. The third-order valence-corrected chi connectivity index (χ3v) is 4.24. The summed E-state index contributed by atoms with van der Waals surface area (Å²) in [5.74, 6) is -0.527. The van der Waals surface area contributed by atoms with Gasteiger partial charge in [-0.3, -0.25) is 14.6 Å². The van der Waals surface area contributed by atoms with Gasteiger partial charge in [0.05, 0.1) is 15.2 Å². The molecule has 0 bridgehead atoms. The van der Waals surface area contributed by atoms with E-state index in [1.165, 1.54) is 11.3 Å². The van der Waals surface area contributed by atoms with Gasteiger partial charge in [0.2, 0.25) is 5.78 Å². The maximum atomic E-state index is 11.8. The first-order valence-electron chi connectivity index (χ1n) is 6.71. The Bertz CT molecular complexity index is 843. The summed E-state index contributed by atoms with van der Waals surface area (Å²) in [7, 11) is 0. The van der Waals surface area contributed by atoms with Gasteiger partial charge in [-0.25, -0.2) is 4.98 Å². The lowest BCUT2D eigenvalue weighted by Gasteiger charge is -2.08. The van der Waals surface area contributed by atoms with E-state index >= 15 is 0 Å². The van der Waals surface area contributed by atoms with Gasteiger partial charge in [0, 0.05) is 30.2 Å². The summed E-state index contributed by atoms with van der Waals surface area (Å²) >= 11 is 1.42. The zero-order valence-corrected chi connectivity index (χ0v) is 12.7. The largest absolute Gasteiger partial charge is 0.381 e. The highest BCUT2D eigenvalue weighted by Crippen LogP contribution is 2.29. The van der Waals surface area contributed by atoms with E-state index in [1.807, 2.05) is 25.1 Å². The minimum absolute atomic E-state index is 0.344. The molecule has 6 heteroatoms. The number of carbonyl (C=O) groups is 2. The highest BCUT2D eigenvalue weighted by molar-refractivity contribution is 7.19. The van der Waals surface area contributed by atoms with E-state index in [9.17, 15) is 9.59 Å². The van der Waals surface area contributed by atoms with Crippen LogP contribution >= 0.6 is 11.3 Å². The predicted octanol–water partition coefficient (Wildman–Crippen LogP) is 2.99. The SMILES string of the molecule is Cc1nc2cc(NCc3ccncc3)cc(C(=O)C=O)c2s1. The molecule has 0 saturated carbocycles. The van der Waals surface area contributed by atoms with Gasteiger partial charge in [-0.2, -0.15) is 0 Å². The second-order valence-corrected chi connectivity index (χ2v) is 6.00. The standard InChI is InChI=1S/C16H13N3O2S/c1-10-19-14-7-12(18-8-11-2-4-17-5-3-11)6-13(15(21)9-20)16(14)22-10/h2-7,9,18H,8H2,1H3. The average molecular weight is 311 g/mol. The highest BCUT2D eigenvalue weighted by atomic mass is 32.1. The predicted molar refractivity (Wildman–Crippen MR) is 86.3 cm³/mol. The Hall–Kier alpha value is -2.60. The van der Waals surface area contributed by atoms with Crippen molar-refractivity contribution >= 4 is 39.3 Å². The van der Waals surface area contributed by atoms with Gasteiger partial charge < -0.3 is 5.32 Å². The van der Waals surface area contributed by atoms with Crippen molar-refractivity contribution in [1.82, 2.24) is 9.97 Å². The molecule has 1 N–H and O–H groups in total. The van der Waals surface area contributed by atoms with Gasteiger partial charge in [-0.15, -0.1) is 11.3 Å². The lowest BCUT2D eigenvalue weighted by molar-refractivity contribution is -0.104. The van der Waals surface area contributed by atoms with Crippen molar-refractivity contribution in [3.8, 4) is 0 Å². The molecule has 5 nitrogen and oxygen atoms in total. The van der Waals surface area contributed by atoms with Gasteiger partial charge in [0.1, 0.15) is 0 Å². The van der Waals surface area contributed by atoms with E-state index in [4.69, 9.17) is 0 Å². The van der Waals surface area contributed by atoms with Crippen molar-refractivity contribution in [2.45, 2.75) is 13.5 Å². The number of hydrogen-bond acceptors (Lipinski definition) is 6. The fraction of sp³-hybridized carbons (Fsp3) is 0.125. The van der Waals surface area contributed by atoms with Crippen LogP contribution in [0.4, 0.5) is 5.69 Å². The smallest absolute Gasteiger partial charge is 0.226 e. The Balaban J connectivity index is 1.96. The summed E-state index contributed by atoms with van der Waals surface area (Å²) in [6.07, 6.45) is 3.80. The average Bonchev–Trinajstić information content (AvgIpc) is 2.92. The first kappa shape index (κ1) is 14.3. The fourth-order valence-corrected chi connectivity index (χ4v) is 3.12. The monoisotopic (exact) mass is 311 g/mol. The zero-order valence-electron chi connectivity index (χ0n) is 11.9. The van der Waals surface area contributed by atoms with E-state index < -0.39 is 5.78 Å². The Kier molecular flexibility index (Phi) is 3.93. The van der Waals surface area contributed by atoms with Crippen LogP contribution in [0.15, 0.2) is 36.7 Å². The molecule has 2 aromatic heterocycles. The first-order valence-corrected chi connectivity index (χ1v) is 7.52. The van der Waals surface area contributed by atoms with Crippen LogP contribution in [-0.4, -0.2) is 22.0 Å². The molecule has 0 spiro atoms. The number of carbonyl (C=O) groups excluding carboxylic acids is 2. The molecule has 0 aliphatic heterocycles. The Morgan fingerprint density at radius 2 is 2.09 bits per heavy atom. The number of nitrogens with one attached hydrogen (secondary N) is 1. The van der Waals surface area contributed by atoms with Gasteiger partial charge >= 0.3 is 0 Å². The Morgan fingerprint density at radius 1 is 1.32 bits per heavy atom. The molecule has 0 fully saturated rings. The number of ketones is 1. The quantitative estimate of drug-likeness (QED) is 0.445. The third-order valence-electron chi connectivity index (χ3n) is 3.22. The van der Waals surface area contributed by atoms with Crippen molar-refractivity contribution in [2.75, 3.05) is 5.32 Å². The molecule has 110 valence electrons. The molecule has 0 aliphatic carbocycles. The van der Waals surface area contributed by atoms with Gasteiger partial charge in [-0.1, -0.05) is 0 Å². The second-order valence-electron chi connectivity index (χ2n) is 4.80. The number of fused-ring (bicyclic) bond motifs is 1. The summed E-state index contributed by atoms with van der Waals surface area (Å²) in [5, 5.41) is 4.11. The number of thiazole rings is 1. The van der Waals surface area contributed by atoms with Crippen molar-refractivity contribution in [1.29, 1.82) is 0 Å². The molecule has 0 aliphatic rings. The summed E-state index contributed by atoms with van der Waals surface area (Å²) in [6.45, 7) is 2.48. The van der Waals surface area contributed by atoms with Crippen LogP contribution in [0.25, 0.3) is 10.2 Å². The summed E-state index contributed by atoms with van der Waals surface area (Å²) < 4.78 is 0.754. The molecule has 0 unspecified atom stereocenters. The van der Waals surface area contributed by atoms with E-state index in [0.29, 0.717) is 18.4 Å². The van der Waals surface area contributed by atoms with E-state index in [0.717, 1.165) is 26.5 Å². The van der Waals surface area contributed by atoms with Crippen LogP contribution in [0.5, 0.6) is 0 Å². The van der Waals surface area contributed by atoms with E-state index in [2.05, 4.69) is 15.3 Å². The summed E-state index contributed by atoms with van der Waals surface area (Å²) in [4.78, 5) is 31.1. The number of aldehydes is 1. The van der Waals surface area contributed by atoms with Crippen LogP contribution in [0, 0.1) is 6.92 Å². The van der Waals surface area contributed by atoms with Crippen LogP contribution < -0.4 is 5.32 Å². The number of aromatic nitrogens is 2. The number of anilines is 1. The number of aryl methyl sites for hydroxylation is 1. The van der Waals surface area contributed by atoms with Crippen LogP contribution in [-0.2, 0) is 11.3 Å². The topological polar surface area (TPSA) is 72.0 Å². The van der Waals surface area contributed by atoms with Crippen LogP contribution in [0.1, 0.15) is 20.9 Å². The highest BCUT2D eigenvalue weighted by Gasteiger charge is 2.14. The van der Waals surface area contributed by atoms with Gasteiger partial charge in [0.15, 0.2) is 6.29 Å². The zero-order chi connectivity index (χ0) is 15.5. The molecule has 0 saturated heterocycles. The number of hydrogen-bond donors (Lipinski definition) is 1. The molecule has 3 rings (SSSR count). The van der Waals surface area contributed by atoms with Crippen molar-refractivity contribution in [3.05, 3.63) is 52.8 Å². The molecule has 0 amide bonds. The number of benzene rings is 1. The number of pyridine rings is 1. The van der Waals surface area contributed by atoms with Crippen LogP contribution in [0.3, 0.4) is 0 Å². The minimum atomic E-state index is -0.527. The molecule has 0 atom stereocenters. The van der Waals surface area contributed by atoms with Crippen molar-refractivity contribution in [2.24, 2.45) is 0 Å². The van der Waals surface area contributed by atoms with E-state index in [1.54, 1.807) is 18.5 Å². The van der Waals surface area contributed by atoms with Crippen molar-refractivity contribution in [3.63, 3.8) is 0 Å². The summed E-state index contributed by atoms with van der Waals surface area (Å²) in [6, 6.07) is 7.42. The first-order chi connectivity index (χ1) is 10.7. The molecule has 2 heterocycles. The van der Waals surface area contributed by atoms with Gasteiger partial charge in [0.25, 0.3) is 0 Å². The number of Topliss-reactive ketones (excluding diaryl/α,β-unsaturated/α-hetero) is 1. The Morgan fingerprint density at radius 3 is 2.82 bits per heavy atom. The Labute approximate surface area is 131 Å². The number of rotatable bonds is 5. The molecular formula is C16H13N3O2S. The maximum Gasteiger partial charge on any atom is 0.226 e. The fourth-order valence-electron chi connectivity index (χ4n) is 2.20. The lowest BCUT2D eigenvalue weighted by atomic mass is 10.1. The molecule has 3 aromatic rings. The maximum absolute atomic E-state index is 11.8. The lowest BCUT2D eigenvalue weighted by Crippen LogP contribution is -2.04. The molecule has 0 radical (unpaired) electrons. The van der Waals surface area contributed by atoms with Crippen LogP contribution in [0.2, 0.25) is 0 Å². The molecular weight excluding hydrogens is 298 g/mol. The minimum Gasteiger partial charge on any atom is -0.381 e. The summed E-state index contributed by atoms with van der Waals surface area (Å²) in [5.41, 5.74) is 2.97. The van der Waals surface area contributed by atoms with E-state index in [-0.39, 0.29) is 0 Å². The van der Waals surface area contributed by atoms with Gasteiger partial charge in [-0.05, 0) is 36.8 Å². The van der Waals surface area contributed by atoms with Crippen molar-refractivity contribution < 1.29 is 9.59 Å². The normalized spacial score (nSPS) is 10.6. The third kappa shape index (κ3) is 2.87. The molecule has 1 aromatic carbocycles. The second kappa shape index (κ2) is 6.03. The molecule has 22 heavy (non-hydrogen) atoms.